The first kappa shape index (κ1) is 15.9. The van der Waals surface area contributed by atoms with Crippen LogP contribution in [0.15, 0.2) is 24.2 Å². The summed E-state index contributed by atoms with van der Waals surface area (Å²) in [6, 6.07) is 3.63. The lowest BCUT2D eigenvalue weighted by atomic mass is 10.00. The van der Waals surface area contributed by atoms with E-state index in [-0.39, 0.29) is 11.7 Å². The number of carboxylic acid groups (broad SMARTS) is 1. The Bertz CT molecular complexity index is 517. The number of ether oxygens (including phenoxy) is 3. The van der Waals surface area contributed by atoms with E-state index in [0.29, 0.717) is 5.75 Å². The Labute approximate surface area is 118 Å². The number of methoxy groups -OCH3 is 2. The van der Waals surface area contributed by atoms with Gasteiger partial charge in [0.1, 0.15) is 17.8 Å². The molecule has 0 bridgehead atoms. The molecule has 0 aliphatic rings. The molecule has 5 heteroatoms. The summed E-state index contributed by atoms with van der Waals surface area (Å²) < 4.78 is 15.5. The van der Waals surface area contributed by atoms with Crippen molar-refractivity contribution in [2.45, 2.75) is 26.7 Å². The van der Waals surface area contributed by atoms with Crippen molar-refractivity contribution in [3.63, 3.8) is 0 Å². The molecular weight excluding hydrogens is 260 g/mol. The SMILES string of the molecule is COC=C(Oc1cc(C)c(OC)cc1C(C)C)C(=O)O. The molecule has 1 N–H and O–H groups in total. The summed E-state index contributed by atoms with van der Waals surface area (Å²) in [5, 5.41) is 9.07. The van der Waals surface area contributed by atoms with Crippen LogP contribution in [0.3, 0.4) is 0 Å². The maximum absolute atomic E-state index is 11.1. The lowest BCUT2D eigenvalue weighted by Gasteiger charge is -2.17. The van der Waals surface area contributed by atoms with E-state index in [1.165, 1.54) is 7.11 Å². The highest BCUT2D eigenvalue weighted by Gasteiger charge is 2.17. The lowest BCUT2D eigenvalue weighted by molar-refractivity contribution is -0.135. The summed E-state index contributed by atoms with van der Waals surface area (Å²) in [6.45, 7) is 5.87. The molecule has 0 radical (unpaired) electrons. The van der Waals surface area contributed by atoms with Crippen LogP contribution in [0, 0.1) is 6.92 Å². The molecule has 0 heterocycles. The first-order chi connectivity index (χ1) is 9.40. The molecule has 5 nitrogen and oxygen atoms in total. The minimum atomic E-state index is -1.19. The topological polar surface area (TPSA) is 65.0 Å². The van der Waals surface area contributed by atoms with Crippen LogP contribution in [-0.4, -0.2) is 25.3 Å². The van der Waals surface area contributed by atoms with Crippen LogP contribution in [0.4, 0.5) is 0 Å². The van der Waals surface area contributed by atoms with Crippen molar-refractivity contribution < 1.29 is 24.1 Å². The Balaban J connectivity index is 3.26. The van der Waals surface area contributed by atoms with Gasteiger partial charge >= 0.3 is 5.97 Å². The van der Waals surface area contributed by atoms with Gasteiger partial charge in [-0.2, -0.15) is 0 Å². The van der Waals surface area contributed by atoms with E-state index in [1.54, 1.807) is 13.2 Å². The minimum absolute atomic E-state index is 0.164. The number of benzene rings is 1. The zero-order chi connectivity index (χ0) is 15.3. The van der Waals surface area contributed by atoms with Gasteiger partial charge in [0.25, 0.3) is 0 Å². The first-order valence-electron chi connectivity index (χ1n) is 6.23. The fourth-order valence-electron chi connectivity index (χ4n) is 1.78. The molecule has 1 aromatic rings. The summed E-state index contributed by atoms with van der Waals surface area (Å²) in [5.41, 5.74) is 1.74. The van der Waals surface area contributed by atoms with Crippen LogP contribution in [0.25, 0.3) is 0 Å². The normalized spacial score (nSPS) is 11.4. The van der Waals surface area contributed by atoms with Crippen LogP contribution in [0.5, 0.6) is 11.5 Å². The Hall–Kier alpha value is -2.17. The van der Waals surface area contributed by atoms with E-state index >= 15 is 0 Å². The predicted molar refractivity (Wildman–Crippen MR) is 75.2 cm³/mol. The quantitative estimate of drug-likeness (QED) is 0.640. The van der Waals surface area contributed by atoms with E-state index in [4.69, 9.17) is 19.3 Å². The first-order valence-corrected chi connectivity index (χ1v) is 6.23. The van der Waals surface area contributed by atoms with Crippen molar-refractivity contribution in [3.8, 4) is 11.5 Å². The van der Waals surface area contributed by atoms with Crippen molar-refractivity contribution >= 4 is 5.97 Å². The summed E-state index contributed by atoms with van der Waals surface area (Å²) in [4.78, 5) is 11.1. The second-order valence-corrected chi connectivity index (χ2v) is 4.64. The van der Waals surface area contributed by atoms with Crippen LogP contribution in [0.2, 0.25) is 0 Å². The summed E-state index contributed by atoms with van der Waals surface area (Å²) >= 11 is 0. The molecule has 0 aromatic heterocycles. The molecule has 0 spiro atoms. The molecule has 0 atom stereocenters. The lowest BCUT2D eigenvalue weighted by Crippen LogP contribution is -2.10. The average molecular weight is 280 g/mol. The monoisotopic (exact) mass is 280 g/mol. The fourth-order valence-corrected chi connectivity index (χ4v) is 1.78. The Morgan fingerprint density at radius 3 is 2.35 bits per heavy atom. The molecule has 0 amide bonds. The Morgan fingerprint density at radius 2 is 1.90 bits per heavy atom. The maximum atomic E-state index is 11.1. The van der Waals surface area contributed by atoms with Gasteiger partial charge in [0.2, 0.25) is 5.76 Å². The maximum Gasteiger partial charge on any atom is 0.375 e. The fraction of sp³-hybridized carbons (Fsp3) is 0.400. The number of aryl methyl sites for hydroxylation is 1. The van der Waals surface area contributed by atoms with Crippen molar-refractivity contribution in [2.24, 2.45) is 0 Å². The van der Waals surface area contributed by atoms with Gasteiger partial charge in [-0.1, -0.05) is 13.8 Å². The molecule has 110 valence electrons. The zero-order valence-electron chi connectivity index (χ0n) is 12.4. The third kappa shape index (κ3) is 3.66. The summed E-state index contributed by atoms with van der Waals surface area (Å²) in [7, 11) is 2.97. The third-order valence-corrected chi connectivity index (χ3v) is 2.80. The van der Waals surface area contributed by atoms with E-state index in [9.17, 15) is 4.79 Å². The van der Waals surface area contributed by atoms with Crippen molar-refractivity contribution in [2.75, 3.05) is 14.2 Å². The summed E-state index contributed by atoms with van der Waals surface area (Å²) in [5.74, 6) is -0.0521. The summed E-state index contributed by atoms with van der Waals surface area (Å²) in [6.07, 6.45) is 1.06. The van der Waals surface area contributed by atoms with Crippen LogP contribution in [-0.2, 0) is 9.53 Å². The van der Waals surface area contributed by atoms with Crippen LogP contribution < -0.4 is 9.47 Å². The van der Waals surface area contributed by atoms with E-state index < -0.39 is 5.97 Å². The van der Waals surface area contributed by atoms with Gasteiger partial charge in [-0.3, -0.25) is 0 Å². The number of carboxylic acids is 1. The molecule has 0 aliphatic heterocycles. The molecule has 0 aliphatic carbocycles. The second kappa shape index (κ2) is 6.84. The zero-order valence-corrected chi connectivity index (χ0v) is 12.4. The van der Waals surface area contributed by atoms with Gasteiger partial charge < -0.3 is 19.3 Å². The minimum Gasteiger partial charge on any atom is -0.500 e. The standard InChI is InChI=1S/C15H20O5/c1-9(2)11-7-12(19-5)10(3)6-13(11)20-14(8-18-4)15(16)17/h6-9H,1-5H3,(H,16,17). The average Bonchev–Trinajstić information content (AvgIpc) is 2.37. The number of hydrogen-bond donors (Lipinski definition) is 1. The molecular formula is C15H20O5. The van der Waals surface area contributed by atoms with E-state index in [1.807, 2.05) is 26.8 Å². The van der Waals surface area contributed by atoms with Gasteiger partial charge in [-0.05, 0) is 30.5 Å². The van der Waals surface area contributed by atoms with Gasteiger partial charge in [-0.25, -0.2) is 4.79 Å². The van der Waals surface area contributed by atoms with E-state index in [2.05, 4.69) is 0 Å². The van der Waals surface area contributed by atoms with Gasteiger partial charge in [0.15, 0.2) is 0 Å². The number of hydrogen-bond acceptors (Lipinski definition) is 4. The van der Waals surface area contributed by atoms with Gasteiger partial charge in [0, 0.05) is 5.56 Å². The smallest absolute Gasteiger partial charge is 0.375 e. The highest BCUT2D eigenvalue weighted by atomic mass is 16.5. The van der Waals surface area contributed by atoms with Crippen molar-refractivity contribution in [1.29, 1.82) is 0 Å². The Kier molecular flexibility index (Phi) is 5.43. The number of aliphatic carboxylic acids is 1. The van der Waals surface area contributed by atoms with Crippen molar-refractivity contribution in [1.82, 2.24) is 0 Å². The Morgan fingerprint density at radius 1 is 1.25 bits per heavy atom. The number of carbonyl (C=O) groups is 1. The molecule has 0 saturated heterocycles. The molecule has 0 unspecified atom stereocenters. The molecule has 0 saturated carbocycles. The molecule has 0 fully saturated rings. The van der Waals surface area contributed by atoms with Crippen LogP contribution >= 0.6 is 0 Å². The second-order valence-electron chi connectivity index (χ2n) is 4.64. The molecule has 1 rings (SSSR count). The van der Waals surface area contributed by atoms with Crippen LogP contribution in [0.1, 0.15) is 30.9 Å². The molecule has 1 aromatic carbocycles. The highest BCUT2D eigenvalue weighted by Crippen LogP contribution is 2.34. The van der Waals surface area contributed by atoms with Crippen molar-refractivity contribution in [3.05, 3.63) is 35.3 Å². The third-order valence-electron chi connectivity index (χ3n) is 2.80. The predicted octanol–water partition coefficient (Wildman–Crippen LogP) is 3.08. The molecule has 20 heavy (non-hydrogen) atoms. The van der Waals surface area contributed by atoms with Gasteiger partial charge in [0.05, 0.1) is 14.2 Å². The van der Waals surface area contributed by atoms with E-state index in [0.717, 1.165) is 23.1 Å². The highest BCUT2D eigenvalue weighted by molar-refractivity contribution is 5.84. The largest absolute Gasteiger partial charge is 0.500 e. The van der Waals surface area contributed by atoms with Gasteiger partial charge in [-0.15, -0.1) is 0 Å². The number of rotatable bonds is 6.